The second-order valence-electron chi connectivity index (χ2n) is 4.93. The molecule has 1 aromatic rings. The van der Waals surface area contributed by atoms with Crippen LogP contribution in [0.1, 0.15) is 26.2 Å². The van der Waals surface area contributed by atoms with E-state index in [0.717, 1.165) is 31.2 Å². The summed E-state index contributed by atoms with van der Waals surface area (Å²) in [6.45, 7) is 0.641. The highest BCUT2D eigenvalue weighted by Gasteiger charge is 2.28. The number of sulfonamides is 1. The molecule has 0 aliphatic carbocycles. The monoisotopic (exact) mass is 355 g/mol. The minimum Gasteiger partial charge on any atom is -0.468 e. The average Bonchev–Trinajstić information content (AvgIpc) is 2.49. The van der Waals surface area contributed by atoms with Gasteiger partial charge in [-0.15, -0.1) is 0 Å². The highest BCUT2D eigenvalue weighted by atomic mass is 32.2. The maximum atomic E-state index is 12.2. The highest BCUT2D eigenvalue weighted by Crippen LogP contribution is 2.18. The standard InChI is InChI=1S/C13H20F3N3O3S/c1-2-3-4-10(7-17)19-23(20,21)11-5-6-12(18-8-11)22-9-13(14,15)16/h5-6,8,10,19H,2-4,7,9,17H2,1H3. The molecule has 6 nitrogen and oxygen atoms in total. The molecule has 0 aliphatic rings. The molecule has 3 N–H and O–H groups in total. The van der Waals surface area contributed by atoms with E-state index < -0.39 is 28.8 Å². The summed E-state index contributed by atoms with van der Waals surface area (Å²) in [6.07, 6.45) is -1.20. The van der Waals surface area contributed by atoms with Crippen LogP contribution in [0.2, 0.25) is 0 Å². The van der Waals surface area contributed by atoms with Gasteiger partial charge in [0.1, 0.15) is 4.90 Å². The van der Waals surface area contributed by atoms with Gasteiger partial charge in [0.05, 0.1) is 6.20 Å². The van der Waals surface area contributed by atoms with E-state index in [1.54, 1.807) is 0 Å². The Kier molecular flexibility index (Phi) is 7.23. The SMILES string of the molecule is CCCCC(CN)NS(=O)(=O)c1ccc(OCC(F)(F)F)nc1. The second-order valence-corrected chi connectivity index (χ2v) is 6.65. The zero-order valence-electron chi connectivity index (χ0n) is 12.6. The molecule has 1 rings (SSSR count). The average molecular weight is 355 g/mol. The van der Waals surface area contributed by atoms with Crippen LogP contribution in [0.3, 0.4) is 0 Å². The number of hydrogen-bond acceptors (Lipinski definition) is 5. The third-order valence-electron chi connectivity index (χ3n) is 2.92. The first-order valence-electron chi connectivity index (χ1n) is 7.06. The van der Waals surface area contributed by atoms with Crippen molar-refractivity contribution in [3.05, 3.63) is 18.3 Å². The zero-order valence-corrected chi connectivity index (χ0v) is 13.5. The van der Waals surface area contributed by atoms with Crippen LogP contribution < -0.4 is 15.2 Å². The smallest absolute Gasteiger partial charge is 0.422 e. The lowest BCUT2D eigenvalue weighted by Gasteiger charge is -2.16. The van der Waals surface area contributed by atoms with Crippen molar-refractivity contribution in [1.82, 2.24) is 9.71 Å². The van der Waals surface area contributed by atoms with Crippen LogP contribution in [-0.4, -0.2) is 38.8 Å². The van der Waals surface area contributed by atoms with Crippen molar-refractivity contribution in [2.24, 2.45) is 5.73 Å². The normalized spacial score (nSPS) is 13.8. The molecule has 0 spiro atoms. The van der Waals surface area contributed by atoms with E-state index in [1.165, 1.54) is 0 Å². The summed E-state index contributed by atoms with van der Waals surface area (Å²) in [5, 5.41) is 0. The summed E-state index contributed by atoms with van der Waals surface area (Å²) in [6, 6.07) is 1.80. The molecule has 0 saturated carbocycles. The van der Waals surface area contributed by atoms with E-state index in [-0.39, 0.29) is 17.3 Å². The fraction of sp³-hybridized carbons (Fsp3) is 0.615. The number of nitrogens with one attached hydrogen (secondary N) is 1. The van der Waals surface area contributed by atoms with Crippen LogP contribution in [0, 0.1) is 0 Å². The van der Waals surface area contributed by atoms with Gasteiger partial charge in [-0.05, 0) is 12.5 Å². The molecule has 23 heavy (non-hydrogen) atoms. The summed E-state index contributed by atoms with van der Waals surface area (Å²) in [4.78, 5) is 3.41. The lowest BCUT2D eigenvalue weighted by atomic mass is 10.1. The predicted octanol–water partition coefficient (Wildman–Crippen LogP) is 1.82. The fourth-order valence-corrected chi connectivity index (χ4v) is 2.96. The molecule has 1 atom stereocenters. The van der Waals surface area contributed by atoms with Crippen LogP contribution in [0.4, 0.5) is 13.2 Å². The third kappa shape index (κ3) is 7.14. The van der Waals surface area contributed by atoms with Crippen LogP contribution in [0.25, 0.3) is 0 Å². The van der Waals surface area contributed by atoms with Crippen LogP contribution in [0.5, 0.6) is 5.88 Å². The first-order valence-corrected chi connectivity index (χ1v) is 8.54. The number of halogens is 3. The van der Waals surface area contributed by atoms with Crippen molar-refractivity contribution in [2.45, 2.75) is 43.3 Å². The molecule has 0 aliphatic heterocycles. The van der Waals surface area contributed by atoms with Crippen molar-refractivity contribution in [1.29, 1.82) is 0 Å². The van der Waals surface area contributed by atoms with Crippen LogP contribution >= 0.6 is 0 Å². The van der Waals surface area contributed by atoms with Crippen molar-refractivity contribution in [2.75, 3.05) is 13.2 Å². The van der Waals surface area contributed by atoms with Gasteiger partial charge in [0, 0.05) is 18.7 Å². The lowest BCUT2D eigenvalue weighted by molar-refractivity contribution is -0.154. The van der Waals surface area contributed by atoms with Gasteiger partial charge < -0.3 is 10.5 Å². The Bertz CT molecular complexity index is 576. The number of nitrogens with two attached hydrogens (primary N) is 1. The van der Waals surface area contributed by atoms with Crippen LogP contribution in [-0.2, 0) is 10.0 Å². The summed E-state index contributed by atoms with van der Waals surface area (Å²) in [5.41, 5.74) is 5.53. The quantitative estimate of drug-likeness (QED) is 0.705. The number of rotatable bonds is 9. The molecule has 0 amide bonds. The number of ether oxygens (including phenoxy) is 1. The number of alkyl halides is 3. The first kappa shape index (κ1) is 19.7. The Balaban J connectivity index is 2.73. The van der Waals surface area contributed by atoms with E-state index in [4.69, 9.17) is 5.73 Å². The summed E-state index contributed by atoms with van der Waals surface area (Å²) in [7, 11) is -3.83. The molecule has 1 heterocycles. The third-order valence-corrected chi connectivity index (χ3v) is 4.42. The van der Waals surface area contributed by atoms with Gasteiger partial charge in [-0.1, -0.05) is 19.8 Å². The van der Waals surface area contributed by atoms with E-state index in [0.29, 0.717) is 6.42 Å². The van der Waals surface area contributed by atoms with E-state index in [9.17, 15) is 21.6 Å². The zero-order chi connectivity index (χ0) is 17.5. The fourth-order valence-electron chi connectivity index (χ4n) is 1.73. The first-order chi connectivity index (χ1) is 10.7. The molecule has 0 bridgehead atoms. The maximum absolute atomic E-state index is 12.2. The molecule has 1 unspecified atom stereocenters. The minimum atomic E-state index is -4.48. The van der Waals surface area contributed by atoms with Gasteiger partial charge in [-0.2, -0.15) is 13.2 Å². The molecule has 0 aromatic carbocycles. The summed E-state index contributed by atoms with van der Waals surface area (Å²) < 4.78 is 67.3. The van der Waals surface area contributed by atoms with Crippen molar-refractivity contribution in [3.8, 4) is 5.88 Å². The van der Waals surface area contributed by atoms with Crippen LogP contribution in [0.15, 0.2) is 23.2 Å². The molecule has 0 saturated heterocycles. The Morgan fingerprint density at radius 2 is 2.09 bits per heavy atom. The van der Waals surface area contributed by atoms with E-state index in [1.807, 2.05) is 6.92 Å². The van der Waals surface area contributed by atoms with Gasteiger partial charge in [-0.25, -0.2) is 18.1 Å². The van der Waals surface area contributed by atoms with Gasteiger partial charge >= 0.3 is 6.18 Å². The minimum absolute atomic E-state index is 0.152. The molecular weight excluding hydrogens is 335 g/mol. The van der Waals surface area contributed by atoms with Gasteiger partial charge in [0.25, 0.3) is 0 Å². The largest absolute Gasteiger partial charge is 0.468 e. The Morgan fingerprint density at radius 1 is 1.39 bits per heavy atom. The molecule has 132 valence electrons. The summed E-state index contributed by atoms with van der Waals surface area (Å²) in [5.74, 6) is -0.303. The summed E-state index contributed by atoms with van der Waals surface area (Å²) >= 11 is 0. The van der Waals surface area contributed by atoms with Gasteiger partial charge in [0.15, 0.2) is 6.61 Å². The van der Waals surface area contributed by atoms with Crippen molar-refractivity contribution < 1.29 is 26.3 Å². The molecule has 10 heteroatoms. The Morgan fingerprint density at radius 3 is 2.57 bits per heavy atom. The number of pyridine rings is 1. The molecular formula is C13H20F3N3O3S. The lowest BCUT2D eigenvalue weighted by Crippen LogP contribution is -2.40. The highest BCUT2D eigenvalue weighted by molar-refractivity contribution is 7.89. The van der Waals surface area contributed by atoms with Gasteiger partial charge in [-0.3, -0.25) is 0 Å². The molecule has 0 fully saturated rings. The Labute approximate surface area is 133 Å². The Hall–Kier alpha value is -1.39. The predicted molar refractivity (Wildman–Crippen MR) is 78.5 cm³/mol. The number of unbranched alkanes of at least 4 members (excludes halogenated alkanes) is 1. The van der Waals surface area contributed by atoms with Crippen molar-refractivity contribution >= 4 is 10.0 Å². The second kappa shape index (κ2) is 8.46. The molecule has 0 radical (unpaired) electrons. The van der Waals surface area contributed by atoms with Gasteiger partial charge in [0.2, 0.25) is 15.9 Å². The van der Waals surface area contributed by atoms with E-state index >= 15 is 0 Å². The number of aromatic nitrogens is 1. The topological polar surface area (TPSA) is 94.3 Å². The van der Waals surface area contributed by atoms with E-state index in [2.05, 4.69) is 14.4 Å². The number of nitrogens with zero attached hydrogens (tertiary/aromatic N) is 1. The maximum Gasteiger partial charge on any atom is 0.422 e. The number of hydrogen-bond donors (Lipinski definition) is 2. The molecule has 1 aromatic heterocycles. The van der Waals surface area contributed by atoms with Crippen molar-refractivity contribution in [3.63, 3.8) is 0 Å².